The minimum atomic E-state index is -0.914. The molecule has 4 rings (SSSR count). The van der Waals surface area contributed by atoms with E-state index in [1.807, 2.05) is 30.3 Å². The Balaban J connectivity index is 1.58. The fraction of sp³-hybridized carbons (Fsp3) is 0.455. The first kappa shape index (κ1) is 18.5. The zero-order valence-corrected chi connectivity index (χ0v) is 15.5. The molecule has 0 radical (unpaired) electrons. The van der Waals surface area contributed by atoms with Crippen LogP contribution in [0.4, 0.5) is 8.78 Å². The maximum atomic E-state index is 14.1. The van der Waals surface area contributed by atoms with Crippen LogP contribution in [0.1, 0.15) is 30.4 Å². The Morgan fingerprint density at radius 2 is 1.70 bits per heavy atom. The highest BCUT2D eigenvalue weighted by atomic mass is 19.2. The van der Waals surface area contributed by atoms with Crippen LogP contribution in [0, 0.1) is 11.6 Å². The first-order valence-electron chi connectivity index (χ1n) is 9.75. The number of rotatable bonds is 4. The van der Waals surface area contributed by atoms with E-state index in [0.29, 0.717) is 31.6 Å². The minimum absolute atomic E-state index is 0.0484. The van der Waals surface area contributed by atoms with Gasteiger partial charge in [0.05, 0.1) is 6.04 Å². The average molecular weight is 372 g/mol. The molecule has 2 atom stereocenters. The second-order valence-corrected chi connectivity index (χ2v) is 7.75. The molecule has 0 saturated carbocycles. The third-order valence-corrected chi connectivity index (χ3v) is 6.07. The fourth-order valence-corrected chi connectivity index (χ4v) is 4.57. The molecule has 0 aliphatic carbocycles. The molecule has 2 saturated heterocycles. The van der Waals surface area contributed by atoms with Crippen LogP contribution in [0.25, 0.3) is 0 Å². The number of benzene rings is 2. The van der Waals surface area contributed by atoms with E-state index in [-0.39, 0.29) is 6.04 Å². The Labute approximate surface area is 159 Å². The normalized spacial score (nSPS) is 27.1. The van der Waals surface area contributed by atoms with E-state index in [4.69, 9.17) is 0 Å². The van der Waals surface area contributed by atoms with Crippen molar-refractivity contribution < 1.29 is 13.9 Å². The van der Waals surface area contributed by atoms with E-state index in [1.54, 1.807) is 12.1 Å². The molecule has 0 bridgehead atoms. The lowest BCUT2D eigenvalue weighted by molar-refractivity contribution is -0.0960. The SMILES string of the molecule is O[C@]1(c2ccccc2)CCN(Cc2cccc(F)c2F)C[C@H]1N1CCCC1. The van der Waals surface area contributed by atoms with Gasteiger partial charge in [-0.25, -0.2) is 8.78 Å². The molecule has 2 aliphatic rings. The number of nitrogens with zero attached hydrogens (tertiary/aromatic N) is 2. The first-order chi connectivity index (χ1) is 13.1. The number of likely N-dealkylation sites (tertiary alicyclic amines) is 2. The van der Waals surface area contributed by atoms with Crippen LogP contribution >= 0.6 is 0 Å². The summed E-state index contributed by atoms with van der Waals surface area (Å²) in [6.45, 7) is 3.59. The molecule has 0 aromatic heterocycles. The summed E-state index contributed by atoms with van der Waals surface area (Å²) in [6, 6.07) is 14.2. The van der Waals surface area contributed by atoms with Crippen molar-refractivity contribution in [3.05, 3.63) is 71.3 Å². The lowest BCUT2D eigenvalue weighted by Gasteiger charge is -2.48. The van der Waals surface area contributed by atoms with Crippen LogP contribution in [0.5, 0.6) is 0 Å². The molecule has 0 amide bonds. The topological polar surface area (TPSA) is 26.7 Å². The van der Waals surface area contributed by atoms with Crippen molar-refractivity contribution in [3.8, 4) is 0 Å². The zero-order valence-electron chi connectivity index (χ0n) is 15.5. The van der Waals surface area contributed by atoms with E-state index in [0.717, 1.165) is 37.6 Å². The molecule has 2 aromatic carbocycles. The van der Waals surface area contributed by atoms with E-state index in [1.165, 1.54) is 0 Å². The van der Waals surface area contributed by atoms with Gasteiger partial charge >= 0.3 is 0 Å². The van der Waals surface area contributed by atoms with Gasteiger partial charge in [0.1, 0.15) is 5.60 Å². The Kier molecular flexibility index (Phi) is 5.26. The van der Waals surface area contributed by atoms with Gasteiger partial charge in [-0.15, -0.1) is 0 Å². The molecule has 1 N–H and O–H groups in total. The molecule has 2 aromatic rings. The molecular weight excluding hydrogens is 346 g/mol. The van der Waals surface area contributed by atoms with Crippen LogP contribution in [0.3, 0.4) is 0 Å². The van der Waals surface area contributed by atoms with Crippen molar-refractivity contribution in [3.63, 3.8) is 0 Å². The van der Waals surface area contributed by atoms with Crippen molar-refractivity contribution >= 4 is 0 Å². The van der Waals surface area contributed by atoms with Crippen molar-refractivity contribution in [2.75, 3.05) is 26.2 Å². The molecule has 144 valence electrons. The second kappa shape index (κ2) is 7.66. The lowest BCUT2D eigenvalue weighted by Crippen LogP contribution is -2.60. The summed E-state index contributed by atoms with van der Waals surface area (Å²) in [5.41, 5.74) is 0.404. The van der Waals surface area contributed by atoms with E-state index in [9.17, 15) is 13.9 Å². The van der Waals surface area contributed by atoms with Crippen LogP contribution in [0.15, 0.2) is 48.5 Å². The maximum absolute atomic E-state index is 14.1. The summed E-state index contributed by atoms with van der Waals surface area (Å²) < 4.78 is 27.7. The lowest BCUT2D eigenvalue weighted by atomic mass is 9.79. The van der Waals surface area contributed by atoms with Crippen LogP contribution in [0.2, 0.25) is 0 Å². The minimum Gasteiger partial charge on any atom is -0.383 e. The van der Waals surface area contributed by atoms with E-state index < -0.39 is 17.2 Å². The Bertz CT molecular complexity index is 779. The quantitative estimate of drug-likeness (QED) is 0.890. The van der Waals surface area contributed by atoms with Gasteiger partial charge in [0.25, 0.3) is 0 Å². The van der Waals surface area contributed by atoms with Gasteiger partial charge in [0.2, 0.25) is 0 Å². The van der Waals surface area contributed by atoms with Gasteiger partial charge < -0.3 is 5.11 Å². The number of aliphatic hydroxyl groups is 1. The second-order valence-electron chi connectivity index (χ2n) is 7.75. The molecular formula is C22H26F2N2O. The molecule has 0 unspecified atom stereocenters. The highest BCUT2D eigenvalue weighted by Crippen LogP contribution is 2.37. The van der Waals surface area contributed by atoms with Crippen molar-refractivity contribution in [1.29, 1.82) is 0 Å². The van der Waals surface area contributed by atoms with Crippen molar-refractivity contribution in [2.24, 2.45) is 0 Å². The third kappa shape index (κ3) is 3.64. The van der Waals surface area contributed by atoms with Gasteiger partial charge in [-0.2, -0.15) is 0 Å². The van der Waals surface area contributed by atoms with Gasteiger partial charge in [0.15, 0.2) is 11.6 Å². The molecule has 3 nitrogen and oxygen atoms in total. The Morgan fingerprint density at radius 1 is 0.963 bits per heavy atom. The average Bonchev–Trinajstić information content (AvgIpc) is 3.22. The molecule has 2 heterocycles. The van der Waals surface area contributed by atoms with E-state index in [2.05, 4.69) is 9.80 Å². The number of piperidine rings is 1. The van der Waals surface area contributed by atoms with Gasteiger partial charge in [-0.3, -0.25) is 9.80 Å². The summed E-state index contributed by atoms with van der Waals surface area (Å²) in [4.78, 5) is 4.50. The number of hydrogen-bond acceptors (Lipinski definition) is 3. The standard InChI is InChI=1S/C22H26F2N2O/c23-19-10-6-7-17(21(19)24)15-25-14-11-22(27,18-8-2-1-3-9-18)20(16-25)26-12-4-5-13-26/h1-3,6-10,20,27H,4-5,11-16H2/t20-,22+/m1/s1. The number of halogens is 2. The smallest absolute Gasteiger partial charge is 0.163 e. The number of hydrogen-bond donors (Lipinski definition) is 1. The first-order valence-corrected chi connectivity index (χ1v) is 9.75. The fourth-order valence-electron chi connectivity index (χ4n) is 4.57. The monoisotopic (exact) mass is 372 g/mol. The van der Waals surface area contributed by atoms with Crippen LogP contribution in [-0.2, 0) is 12.1 Å². The molecule has 2 aliphatic heterocycles. The van der Waals surface area contributed by atoms with Gasteiger partial charge in [-0.1, -0.05) is 42.5 Å². The molecule has 0 spiro atoms. The van der Waals surface area contributed by atoms with Crippen molar-refractivity contribution in [2.45, 2.75) is 37.5 Å². The largest absolute Gasteiger partial charge is 0.383 e. The summed E-state index contributed by atoms with van der Waals surface area (Å²) >= 11 is 0. The summed E-state index contributed by atoms with van der Waals surface area (Å²) in [5.74, 6) is -1.57. The maximum Gasteiger partial charge on any atom is 0.163 e. The Morgan fingerprint density at radius 3 is 2.44 bits per heavy atom. The summed E-state index contributed by atoms with van der Waals surface area (Å²) in [5, 5.41) is 11.6. The van der Waals surface area contributed by atoms with Crippen LogP contribution < -0.4 is 0 Å². The summed E-state index contributed by atoms with van der Waals surface area (Å²) in [7, 11) is 0. The molecule has 5 heteroatoms. The predicted octanol–water partition coefficient (Wildman–Crippen LogP) is 3.52. The highest BCUT2D eigenvalue weighted by Gasteiger charge is 2.46. The molecule has 2 fully saturated rings. The zero-order chi connectivity index (χ0) is 18.9. The van der Waals surface area contributed by atoms with E-state index >= 15 is 0 Å². The van der Waals surface area contributed by atoms with Crippen LogP contribution in [-0.4, -0.2) is 47.1 Å². The van der Waals surface area contributed by atoms with Crippen molar-refractivity contribution in [1.82, 2.24) is 9.80 Å². The Hall–Kier alpha value is -1.82. The third-order valence-electron chi connectivity index (χ3n) is 6.07. The van der Waals surface area contributed by atoms with Gasteiger partial charge in [0, 0.05) is 25.2 Å². The van der Waals surface area contributed by atoms with Gasteiger partial charge in [-0.05, 0) is 44.0 Å². The molecule has 27 heavy (non-hydrogen) atoms. The summed E-state index contributed by atoms with van der Waals surface area (Å²) in [6.07, 6.45) is 2.86. The highest BCUT2D eigenvalue weighted by molar-refractivity contribution is 5.26. The predicted molar refractivity (Wildman–Crippen MR) is 101 cm³/mol.